The van der Waals surface area contributed by atoms with Crippen molar-refractivity contribution in [2.45, 2.75) is 39.7 Å². The maximum Gasteiger partial charge on any atom is 0.171 e. The summed E-state index contributed by atoms with van der Waals surface area (Å²) < 4.78 is 0. The molecule has 1 atom stereocenters. The summed E-state index contributed by atoms with van der Waals surface area (Å²) in [7, 11) is 0. The molecular formula is C18H24N2S2. The lowest BCUT2D eigenvalue weighted by Crippen LogP contribution is -2.34. The SMILES string of the molecule is CC(C)c1ccc(NC(=S)N[C@@H](c2cccs2)C(C)C)cc1. The second-order valence-corrected chi connectivity index (χ2v) is 7.50. The Morgan fingerprint density at radius 1 is 1.05 bits per heavy atom. The van der Waals surface area contributed by atoms with E-state index in [4.69, 9.17) is 12.2 Å². The van der Waals surface area contributed by atoms with Crippen molar-refractivity contribution in [1.29, 1.82) is 0 Å². The van der Waals surface area contributed by atoms with E-state index in [1.54, 1.807) is 11.3 Å². The van der Waals surface area contributed by atoms with Gasteiger partial charge in [0, 0.05) is 10.6 Å². The van der Waals surface area contributed by atoms with Crippen molar-refractivity contribution in [3.05, 3.63) is 52.2 Å². The maximum absolute atomic E-state index is 5.47. The zero-order chi connectivity index (χ0) is 16.1. The van der Waals surface area contributed by atoms with Gasteiger partial charge in [0.25, 0.3) is 0 Å². The van der Waals surface area contributed by atoms with Crippen LogP contribution in [0.1, 0.15) is 50.1 Å². The number of thiocarbonyl (C=S) groups is 1. The van der Waals surface area contributed by atoms with Crippen LogP contribution in [0.4, 0.5) is 5.69 Å². The molecule has 0 aliphatic carbocycles. The molecule has 0 radical (unpaired) electrons. The van der Waals surface area contributed by atoms with Gasteiger partial charge in [-0.1, -0.05) is 45.9 Å². The molecule has 1 aromatic heterocycles. The largest absolute Gasteiger partial charge is 0.355 e. The van der Waals surface area contributed by atoms with Gasteiger partial charge in [-0.05, 0) is 53.2 Å². The first kappa shape index (κ1) is 17.0. The van der Waals surface area contributed by atoms with Gasteiger partial charge in [-0.3, -0.25) is 0 Å². The molecule has 22 heavy (non-hydrogen) atoms. The highest BCUT2D eigenvalue weighted by atomic mass is 32.1. The number of nitrogens with one attached hydrogen (secondary N) is 2. The van der Waals surface area contributed by atoms with Crippen LogP contribution in [0.5, 0.6) is 0 Å². The minimum absolute atomic E-state index is 0.245. The Morgan fingerprint density at radius 2 is 1.73 bits per heavy atom. The van der Waals surface area contributed by atoms with Crippen molar-refractivity contribution in [3.8, 4) is 0 Å². The first-order valence-corrected chi connectivity index (χ1v) is 8.97. The molecule has 1 aromatic carbocycles. The summed E-state index contributed by atoms with van der Waals surface area (Å²) in [5.41, 5.74) is 2.36. The van der Waals surface area contributed by atoms with Crippen molar-refractivity contribution in [2.75, 3.05) is 5.32 Å². The topological polar surface area (TPSA) is 24.1 Å². The fraction of sp³-hybridized carbons (Fsp3) is 0.389. The van der Waals surface area contributed by atoms with Gasteiger partial charge in [-0.15, -0.1) is 11.3 Å². The third kappa shape index (κ3) is 4.55. The number of thiophene rings is 1. The smallest absolute Gasteiger partial charge is 0.171 e. The van der Waals surface area contributed by atoms with Gasteiger partial charge < -0.3 is 10.6 Å². The van der Waals surface area contributed by atoms with Crippen molar-refractivity contribution < 1.29 is 0 Å². The molecule has 118 valence electrons. The Kier molecular flexibility index (Phi) is 5.98. The number of anilines is 1. The van der Waals surface area contributed by atoms with Crippen LogP contribution in [-0.4, -0.2) is 5.11 Å². The zero-order valence-electron chi connectivity index (χ0n) is 13.6. The molecule has 2 rings (SSSR count). The molecule has 2 aromatic rings. The predicted octanol–water partition coefficient (Wildman–Crippen LogP) is 5.56. The Balaban J connectivity index is 1.99. The molecule has 0 aliphatic rings. The second-order valence-electron chi connectivity index (χ2n) is 6.11. The summed E-state index contributed by atoms with van der Waals surface area (Å²) in [6.45, 7) is 8.81. The molecule has 0 amide bonds. The lowest BCUT2D eigenvalue weighted by atomic mass is 10.0. The van der Waals surface area contributed by atoms with Gasteiger partial charge >= 0.3 is 0 Å². The molecule has 1 heterocycles. The number of hydrogen-bond donors (Lipinski definition) is 2. The standard InChI is InChI=1S/C18H24N2S2/c1-12(2)14-7-9-15(10-8-14)19-18(21)20-17(13(3)4)16-6-5-11-22-16/h5-13,17H,1-4H3,(H2,19,20,21)/t17-/m1/s1. The molecular weight excluding hydrogens is 308 g/mol. The van der Waals surface area contributed by atoms with Crippen LogP contribution >= 0.6 is 23.6 Å². The van der Waals surface area contributed by atoms with Crippen molar-refractivity contribution in [1.82, 2.24) is 5.32 Å². The third-order valence-electron chi connectivity index (χ3n) is 3.64. The minimum atomic E-state index is 0.245. The molecule has 0 fully saturated rings. The van der Waals surface area contributed by atoms with E-state index in [1.807, 2.05) is 0 Å². The highest BCUT2D eigenvalue weighted by Gasteiger charge is 2.17. The van der Waals surface area contributed by atoms with Crippen LogP contribution in [-0.2, 0) is 0 Å². The fourth-order valence-electron chi connectivity index (χ4n) is 2.29. The van der Waals surface area contributed by atoms with Crippen molar-refractivity contribution >= 4 is 34.4 Å². The van der Waals surface area contributed by atoms with Crippen LogP contribution in [0.15, 0.2) is 41.8 Å². The number of benzene rings is 1. The molecule has 0 saturated carbocycles. The van der Waals surface area contributed by atoms with Gasteiger partial charge in [0.05, 0.1) is 6.04 Å². The third-order valence-corrected chi connectivity index (χ3v) is 4.81. The highest BCUT2D eigenvalue weighted by Crippen LogP contribution is 2.26. The maximum atomic E-state index is 5.47. The summed E-state index contributed by atoms with van der Waals surface area (Å²) in [6, 6.07) is 12.9. The van der Waals surface area contributed by atoms with Gasteiger partial charge in [-0.25, -0.2) is 0 Å². The van der Waals surface area contributed by atoms with E-state index in [2.05, 4.69) is 80.1 Å². The second kappa shape index (κ2) is 7.75. The van der Waals surface area contributed by atoms with Gasteiger partial charge in [0.1, 0.15) is 0 Å². The van der Waals surface area contributed by atoms with Crippen molar-refractivity contribution in [3.63, 3.8) is 0 Å². The monoisotopic (exact) mass is 332 g/mol. The summed E-state index contributed by atoms with van der Waals surface area (Å²) in [5, 5.41) is 9.49. The van der Waals surface area contributed by atoms with E-state index in [0.29, 0.717) is 16.9 Å². The van der Waals surface area contributed by atoms with Crippen LogP contribution in [0.3, 0.4) is 0 Å². The van der Waals surface area contributed by atoms with E-state index < -0.39 is 0 Å². The number of rotatable bonds is 5. The van der Waals surface area contributed by atoms with E-state index in [-0.39, 0.29) is 6.04 Å². The van der Waals surface area contributed by atoms with Gasteiger partial charge in [-0.2, -0.15) is 0 Å². The molecule has 0 saturated heterocycles. The van der Waals surface area contributed by atoms with E-state index in [9.17, 15) is 0 Å². The van der Waals surface area contributed by atoms with Crippen LogP contribution in [0, 0.1) is 5.92 Å². The summed E-state index contributed by atoms with van der Waals surface area (Å²) in [5.74, 6) is 1.02. The first-order chi connectivity index (χ1) is 10.5. The lowest BCUT2D eigenvalue weighted by molar-refractivity contribution is 0.480. The summed E-state index contributed by atoms with van der Waals surface area (Å²) >= 11 is 7.24. The van der Waals surface area contributed by atoms with Gasteiger partial charge in [0.2, 0.25) is 0 Å². The lowest BCUT2D eigenvalue weighted by Gasteiger charge is -2.23. The zero-order valence-corrected chi connectivity index (χ0v) is 15.2. The van der Waals surface area contributed by atoms with Crippen LogP contribution in [0.25, 0.3) is 0 Å². The first-order valence-electron chi connectivity index (χ1n) is 7.68. The average molecular weight is 333 g/mol. The van der Waals surface area contributed by atoms with Crippen LogP contribution in [0.2, 0.25) is 0 Å². The summed E-state index contributed by atoms with van der Waals surface area (Å²) in [4.78, 5) is 1.31. The average Bonchev–Trinajstić information content (AvgIpc) is 2.99. The Morgan fingerprint density at radius 3 is 2.23 bits per heavy atom. The highest BCUT2D eigenvalue weighted by molar-refractivity contribution is 7.80. The Bertz CT molecular complexity index is 586. The Labute approximate surface area is 143 Å². The molecule has 0 bridgehead atoms. The van der Waals surface area contributed by atoms with Crippen molar-refractivity contribution in [2.24, 2.45) is 5.92 Å². The minimum Gasteiger partial charge on any atom is -0.355 e. The molecule has 2 nitrogen and oxygen atoms in total. The van der Waals surface area contributed by atoms with E-state index in [1.165, 1.54) is 10.4 Å². The fourth-order valence-corrected chi connectivity index (χ4v) is 3.49. The van der Waals surface area contributed by atoms with Gasteiger partial charge in [0.15, 0.2) is 5.11 Å². The van der Waals surface area contributed by atoms with Crippen LogP contribution < -0.4 is 10.6 Å². The molecule has 0 aliphatic heterocycles. The molecule has 0 unspecified atom stereocenters. The number of hydrogen-bond acceptors (Lipinski definition) is 2. The Hall–Kier alpha value is -1.39. The molecule has 0 spiro atoms. The van der Waals surface area contributed by atoms with E-state index in [0.717, 1.165) is 5.69 Å². The molecule has 2 N–H and O–H groups in total. The summed E-state index contributed by atoms with van der Waals surface area (Å²) in [6.07, 6.45) is 0. The quantitative estimate of drug-likeness (QED) is 0.701. The molecule has 4 heteroatoms. The predicted molar refractivity (Wildman–Crippen MR) is 102 cm³/mol. The van der Waals surface area contributed by atoms with E-state index >= 15 is 0 Å². The normalized spacial score (nSPS) is 12.5.